The van der Waals surface area contributed by atoms with E-state index in [1.165, 1.54) is 0 Å². The summed E-state index contributed by atoms with van der Waals surface area (Å²) in [7, 11) is -0.858. The smallest absolute Gasteiger partial charge is 0.408 e. The first-order chi connectivity index (χ1) is 10.6. The van der Waals surface area contributed by atoms with Crippen molar-refractivity contribution in [2.75, 3.05) is 0 Å². The summed E-state index contributed by atoms with van der Waals surface area (Å²) in [6.45, 7) is 0.174. The van der Waals surface area contributed by atoms with E-state index in [0.29, 0.717) is 12.8 Å². The second-order valence-electron chi connectivity index (χ2n) is 5.94. The Morgan fingerprint density at radius 1 is 1.32 bits per heavy atom. The van der Waals surface area contributed by atoms with Gasteiger partial charge in [-0.3, -0.25) is 4.21 Å². The summed E-state index contributed by atoms with van der Waals surface area (Å²) >= 11 is 0. The van der Waals surface area contributed by atoms with E-state index >= 15 is 0 Å². The van der Waals surface area contributed by atoms with Crippen molar-refractivity contribution in [2.45, 2.75) is 48.3 Å². The Hall–Kier alpha value is -1.87. The molecule has 2 heterocycles. The molecular formula is C16H18N2O3S. The van der Waals surface area contributed by atoms with Crippen LogP contribution in [0.15, 0.2) is 30.3 Å². The fraction of sp³-hybridized carbons (Fsp3) is 0.500. The van der Waals surface area contributed by atoms with Crippen LogP contribution in [-0.4, -0.2) is 26.3 Å². The number of benzene rings is 1. The number of rotatable bonds is 3. The fourth-order valence-electron chi connectivity index (χ4n) is 3.28. The lowest BCUT2D eigenvalue weighted by molar-refractivity contribution is 0.129. The maximum atomic E-state index is 12.0. The van der Waals surface area contributed by atoms with E-state index < -0.39 is 22.4 Å². The van der Waals surface area contributed by atoms with Gasteiger partial charge in [-0.2, -0.15) is 5.26 Å². The van der Waals surface area contributed by atoms with E-state index in [-0.39, 0.29) is 17.1 Å². The Morgan fingerprint density at radius 3 is 2.55 bits per heavy atom. The zero-order chi connectivity index (χ0) is 15.6. The maximum Gasteiger partial charge on any atom is 0.408 e. The number of nitrogens with zero attached hydrogens (tertiary/aromatic N) is 1. The third-order valence-corrected chi connectivity index (χ3v) is 6.51. The Kier molecular flexibility index (Phi) is 4.16. The summed E-state index contributed by atoms with van der Waals surface area (Å²) < 4.78 is 17.2. The van der Waals surface area contributed by atoms with Crippen molar-refractivity contribution in [3.05, 3.63) is 35.9 Å². The number of carbonyl (C=O) groups is 1. The first-order valence-corrected chi connectivity index (χ1v) is 8.69. The molecule has 0 radical (unpaired) electrons. The van der Waals surface area contributed by atoms with Crippen LogP contribution in [0.5, 0.6) is 0 Å². The second-order valence-corrected chi connectivity index (χ2v) is 7.93. The minimum Gasteiger partial charge on any atom is -0.445 e. The zero-order valence-electron chi connectivity index (χ0n) is 12.2. The second kappa shape index (κ2) is 6.09. The number of amides is 1. The van der Waals surface area contributed by atoms with Gasteiger partial charge in [0.25, 0.3) is 0 Å². The molecule has 5 nitrogen and oxygen atoms in total. The molecule has 0 aromatic heterocycles. The lowest BCUT2D eigenvalue weighted by atomic mass is 9.91. The number of carbonyl (C=O) groups excluding carboxylic acids is 1. The number of hydrogen-bond donors (Lipinski definition) is 1. The van der Waals surface area contributed by atoms with Gasteiger partial charge in [0.05, 0.1) is 6.07 Å². The highest BCUT2D eigenvalue weighted by Gasteiger charge is 2.49. The average Bonchev–Trinajstić information content (AvgIpc) is 2.76. The van der Waals surface area contributed by atoms with E-state index in [1.807, 2.05) is 30.3 Å². The van der Waals surface area contributed by atoms with Crippen molar-refractivity contribution in [1.82, 2.24) is 5.32 Å². The molecule has 1 amide bonds. The van der Waals surface area contributed by atoms with Gasteiger partial charge < -0.3 is 10.1 Å². The number of ether oxygens (including phenoxy) is 1. The Morgan fingerprint density at radius 2 is 1.95 bits per heavy atom. The Labute approximate surface area is 132 Å². The quantitative estimate of drug-likeness (QED) is 0.927. The van der Waals surface area contributed by atoms with Crippen LogP contribution >= 0.6 is 0 Å². The summed E-state index contributed by atoms with van der Waals surface area (Å²) in [5.74, 6) is 0. The molecule has 0 aliphatic carbocycles. The number of hydrogen-bond acceptors (Lipinski definition) is 4. The predicted molar refractivity (Wildman–Crippen MR) is 82.3 cm³/mol. The van der Waals surface area contributed by atoms with Crippen molar-refractivity contribution in [3.63, 3.8) is 0 Å². The molecule has 2 saturated heterocycles. The van der Waals surface area contributed by atoms with E-state index in [1.54, 1.807) is 0 Å². The van der Waals surface area contributed by atoms with Gasteiger partial charge in [-0.05, 0) is 31.2 Å². The molecule has 0 saturated carbocycles. The largest absolute Gasteiger partial charge is 0.445 e. The zero-order valence-corrected chi connectivity index (χ0v) is 13.0. The van der Waals surface area contributed by atoms with Gasteiger partial charge in [-0.15, -0.1) is 0 Å². The van der Waals surface area contributed by atoms with Crippen molar-refractivity contribution in [1.29, 1.82) is 5.26 Å². The molecule has 1 N–H and O–H groups in total. The highest BCUT2D eigenvalue weighted by atomic mass is 32.2. The lowest BCUT2D eigenvalue weighted by Gasteiger charge is -2.34. The minimum absolute atomic E-state index is 0.0211. The molecule has 2 unspecified atom stereocenters. The summed E-state index contributed by atoms with van der Waals surface area (Å²) in [5, 5.41) is 12.3. The first kappa shape index (κ1) is 15.0. The third-order valence-electron chi connectivity index (χ3n) is 4.39. The molecule has 2 aliphatic rings. The number of alkyl carbamates (subject to hydrolysis) is 1. The molecule has 1 aromatic rings. The normalized spacial score (nSPS) is 33.0. The van der Waals surface area contributed by atoms with Gasteiger partial charge in [0.1, 0.15) is 12.1 Å². The van der Waals surface area contributed by atoms with Crippen LogP contribution in [0.4, 0.5) is 4.79 Å². The van der Waals surface area contributed by atoms with Crippen LogP contribution in [0, 0.1) is 11.3 Å². The van der Waals surface area contributed by atoms with Crippen LogP contribution in [0.25, 0.3) is 0 Å². The van der Waals surface area contributed by atoms with Gasteiger partial charge in [0.2, 0.25) is 0 Å². The van der Waals surface area contributed by atoms with Crippen LogP contribution in [0.2, 0.25) is 0 Å². The van der Waals surface area contributed by atoms with Crippen LogP contribution in [0.1, 0.15) is 31.2 Å². The third kappa shape index (κ3) is 3.00. The molecule has 2 atom stereocenters. The molecule has 116 valence electrons. The minimum atomic E-state index is -0.937. The Bertz CT molecular complexity index is 610. The summed E-state index contributed by atoms with van der Waals surface area (Å²) in [4.78, 5) is 12.0. The number of fused-ring (bicyclic) bond motifs is 2. The van der Waals surface area contributed by atoms with Crippen molar-refractivity contribution in [3.8, 4) is 6.07 Å². The molecule has 1 aromatic carbocycles. The van der Waals surface area contributed by atoms with Gasteiger partial charge in [-0.25, -0.2) is 4.79 Å². The van der Waals surface area contributed by atoms with Crippen LogP contribution < -0.4 is 5.32 Å². The number of nitrogens with one attached hydrogen (secondary N) is 1. The summed E-state index contributed by atoms with van der Waals surface area (Å²) in [5.41, 5.74) is -0.0403. The highest BCUT2D eigenvalue weighted by molar-refractivity contribution is 7.86. The van der Waals surface area contributed by atoms with Crippen LogP contribution in [-0.2, 0) is 22.1 Å². The number of nitriles is 1. The molecule has 22 heavy (non-hydrogen) atoms. The first-order valence-electron chi connectivity index (χ1n) is 7.41. The van der Waals surface area contributed by atoms with E-state index in [0.717, 1.165) is 18.4 Å². The van der Waals surface area contributed by atoms with Crippen LogP contribution in [0.3, 0.4) is 0 Å². The lowest BCUT2D eigenvalue weighted by Crippen LogP contribution is -2.54. The van der Waals surface area contributed by atoms with E-state index in [2.05, 4.69) is 11.4 Å². The van der Waals surface area contributed by atoms with Gasteiger partial charge >= 0.3 is 6.09 Å². The SMILES string of the molecule is N#CC1(NC(=O)OCc2ccccc2)CC2CCC(C1)S2=O. The van der Waals surface area contributed by atoms with Crippen molar-refractivity contribution >= 4 is 16.9 Å². The van der Waals surface area contributed by atoms with E-state index in [9.17, 15) is 14.3 Å². The van der Waals surface area contributed by atoms with Crippen molar-refractivity contribution in [2.24, 2.45) is 0 Å². The van der Waals surface area contributed by atoms with Gasteiger partial charge in [0.15, 0.2) is 0 Å². The molecule has 2 aliphatic heterocycles. The molecule has 2 bridgehead atoms. The summed E-state index contributed by atoms with van der Waals surface area (Å²) in [6.07, 6.45) is 2.07. The molecule has 2 fully saturated rings. The molecular weight excluding hydrogens is 300 g/mol. The molecule has 3 rings (SSSR count). The highest BCUT2D eigenvalue weighted by Crippen LogP contribution is 2.40. The monoisotopic (exact) mass is 318 g/mol. The molecule has 6 heteroatoms. The van der Waals surface area contributed by atoms with Gasteiger partial charge in [-0.1, -0.05) is 30.3 Å². The topological polar surface area (TPSA) is 79.2 Å². The van der Waals surface area contributed by atoms with Crippen molar-refractivity contribution < 1.29 is 13.7 Å². The summed E-state index contributed by atoms with van der Waals surface area (Å²) in [6, 6.07) is 11.6. The fourth-order valence-corrected chi connectivity index (χ4v) is 5.46. The maximum absolute atomic E-state index is 12.0. The molecule has 0 spiro atoms. The van der Waals surface area contributed by atoms with E-state index in [4.69, 9.17) is 4.74 Å². The predicted octanol–water partition coefficient (Wildman–Crippen LogP) is 2.25. The standard InChI is InChI=1S/C16H18N2O3S/c17-11-16(8-13-6-7-14(9-16)22(13)20)18-15(19)21-10-12-4-2-1-3-5-12/h1-5,13-14H,6-10H2,(H,18,19). The Balaban J connectivity index is 1.60. The average molecular weight is 318 g/mol. The van der Waals surface area contributed by atoms with Gasteiger partial charge in [0, 0.05) is 21.3 Å².